The number of hydrogen-bond acceptors (Lipinski definition) is 5. The van der Waals surface area contributed by atoms with Crippen LogP contribution in [-0.4, -0.2) is 38.3 Å². The van der Waals surface area contributed by atoms with E-state index in [1.807, 2.05) is 10.6 Å². The van der Waals surface area contributed by atoms with Gasteiger partial charge in [-0.15, -0.1) is 0 Å². The first-order chi connectivity index (χ1) is 17.3. The number of ether oxygens (including phenoxy) is 1. The standard InChI is InChI=1S/C27H25ClF2N4O2/c28-20-4-2-1-3-19(20)27(29,30)18-7-5-17(6-8-18)21-22-23(31)32-13-14-34(22)24(33-21)25-9-11-26(15-35,12-10-25)36-16-25/h1-8,13-14,35H,9-12,15-16H2,(H2,31,32). The lowest BCUT2D eigenvalue weighted by molar-refractivity contribution is -0.177. The van der Waals surface area contributed by atoms with Crippen molar-refractivity contribution < 1.29 is 18.6 Å². The van der Waals surface area contributed by atoms with E-state index in [0.717, 1.165) is 31.5 Å². The molecule has 1 aliphatic carbocycles. The molecule has 0 amide bonds. The number of halogens is 3. The highest BCUT2D eigenvalue weighted by Gasteiger charge is 2.52. The maximum atomic E-state index is 15.2. The Morgan fingerprint density at radius 1 is 1.08 bits per heavy atom. The molecule has 3 fully saturated rings. The van der Waals surface area contributed by atoms with Gasteiger partial charge >= 0.3 is 0 Å². The first-order valence-electron chi connectivity index (χ1n) is 11.9. The number of aromatic nitrogens is 3. The second kappa shape index (κ2) is 8.23. The van der Waals surface area contributed by atoms with E-state index in [1.165, 1.54) is 24.3 Å². The average molecular weight is 511 g/mol. The van der Waals surface area contributed by atoms with Gasteiger partial charge in [0.15, 0.2) is 0 Å². The van der Waals surface area contributed by atoms with E-state index >= 15 is 8.78 Å². The van der Waals surface area contributed by atoms with Crippen molar-refractivity contribution in [2.45, 2.75) is 42.6 Å². The minimum atomic E-state index is -3.25. The van der Waals surface area contributed by atoms with Crippen LogP contribution >= 0.6 is 11.6 Å². The van der Waals surface area contributed by atoms with Crippen molar-refractivity contribution >= 4 is 22.9 Å². The Balaban J connectivity index is 1.42. The van der Waals surface area contributed by atoms with E-state index in [0.29, 0.717) is 29.2 Å². The van der Waals surface area contributed by atoms with Gasteiger partial charge in [-0.3, -0.25) is 4.40 Å². The Morgan fingerprint density at radius 3 is 2.44 bits per heavy atom. The van der Waals surface area contributed by atoms with Gasteiger partial charge in [-0.25, -0.2) is 9.97 Å². The topological polar surface area (TPSA) is 85.7 Å². The molecule has 4 aromatic rings. The highest BCUT2D eigenvalue weighted by molar-refractivity contribution is 6.31. The number of nitrogen functional groups attached to an aromatic ring is 1. The van der Waals surface area contributed by atoms with E-state index in [-0.39, 0.29) is 28.2 Å². The van der Waals surface area contributed by atoms with E-state index in [1.54, 1.807) is 30.5 Å². The Morgan fingerprint density at radius 2 is 1.81 bits per heavy atom. The number of alkyl halides is 2. The molecule has 3 N–H and O–H groups in total. The van der Waals surface area contributed by atoms with Gasteiger partial charge in [0.1, 0.15) is 22.9 Å². The van der Waals surface area contributed by atoms with Crippen molar-refractivity contribution in [3.05, 3.63) is 82.9 Å². The normalized spacial score (nSPS) is 23.9. The Kier molecular flexibility index (Phi) is 5.33. The molecule has 0 spiro atoms. The predicted molar refractivity (Wildman–Crippen MR) is 133 cm³/mol. The average Bonchev–Trinajstić information content (AvgIpc) is 3.32. The molecule has 0 unspecified atom stereocenters. The molecule has 2 saturated heterocycles. The fourth-order valence-electron chi connectivity index (χ4n) is 5.60. The summed E-state index contributed by atoms with van der Waals surface area (Å²) in [6.45, 7) is 0.468. The molecule has 3 aliphatic rings. The SMILES string of the molecule is Nc1nccn2c(C34CCC(CO)(CC3)OC4)nc(-c3ccc(C(F)(F)c4ccccc4Cl)cc3)c12. The first kappa shape index (κ1) is 23.3. The minimum absolute atomic E-state index is 0.0126. The van der Waals surface area contributed by atoms with Gasteiger partial charge in [0.25, 0.3) is 5.92 Å². The van der Waals surface area contributed by atoms with Gasteiger partial charge in [-0.05, 0) is 31.7 Å². The van der Waals surface area contributed by atoms with Crippen molar-refractivity contribution in [3.63, 3.8) is 0 Å². The summed E-state index contributed by atoms with van der Waals surface area (Å²) in [4.78, 5) is 9.28. The molecule has 4 heterocycles. The van der Waals surface area contributed by atoms with Crippen LogP contribution in [0, 0.1) is 0 Å². The van der Waals surface area contributed by atoms with E-state index < -0.39 is 11.5 Å². The summed E-state index contributed by atoms with van der Waals surface area (Å²) in [6.07, 6.45) is 6.62. The molecule has 36 heavy (non-hydrogen) atoms. The molecule has 9 heteroatoms. The smallest absolute Gasteiger partial charge is 0.299 e. The molecular formula is C27H25ClF2N4O2. The van der Waals surface area contributed by atoms with Gasteiger partial charge < -0.3 is 15.6 Å². The number of aliphatic hydroxyl groups is 1. The second-order valence-corrected chi connectivity index (χ2v) is 10.3. The molecule has 0 atom stereocenters. The highest BCUT2D eigenvalue weighted by atomic mass is 35.5. The predicted octanol–water partition coefficient (Wildman–Crippen LogP) is 5.35. The quantitative estimate of drug-likeness (QED) is 0.378. The minimum Gasteiger partial charge on any atom is -0.393 e. The zero-order valence-electron chi connectivity index (χ0n) is 19.4. The number of imidazole rings is 1. The number of nitrogens with two attached hydrogens (primary N) is 1. The number of hydrogen-bond donors (Lipinski definition) is 2. The third-order valence-electron chi connectivity index (χ3n) is 7.85. The van der Waals surface area contributed by atoms with Crippen LogP contribution in [0.25, 0.3) is 16.8 Å². The van der Waals surface area contributed by atoms with Crippen LogP contribution in [0.3, 0.4) is 0 Å². The van der Waals surface area contributed by atoms with Crippen LogP contribution in [0.5, 0.6) is 0 Å². The third kappa shape index (κ3) is 3.43. The lowest BCUT2D eigenvalue weighted by Gasteiger charge is -2.51. The highest BCUT2D eigenvalue weighted by Crippen LogP contribution is 2.50. The lowest BCUT2D eigenvalue weighted by atomic mass is 9.66. The van der Waals surface area contributed by atoms with Gasteiger partial charge in [0, 0.05) is 29.1 Å². The molecule has 6 nitrogen and oxygen atoms in total. The number of aliphatic hydroxyl groups excluding tert-OH is 1. The van der Waals surface area contributed by atoms with E-state index in [2.05, 4.69) is 4.98 Å². The third-order valence-corrected chi connectivity index (χ3v) is 8.18. The van der Waals surface area contributed by atoms with Crippen molar-refractivity contribution in [1.29, 1.82) is 0 Å². The van der Waals surface area contributed by atoms with Crippen molar-refractivity contribution in [1.82, 2.24) is 14.4 Å². The van der Waals surface area contributed by atoms with Gasteiger partial charge in [-0.2, -0.15) is 8.78 Å². The van der Waals surface area contributed by atoms with E-state index in [9.17, 15) is 5.11 Å². The fraction of sp³-hybridized carbons (Fsp3) is 0.333. The van der Waals surface area contributed by atoms with E-state index in [4.69, 9.17) is 27.1 Å². The van der Waals surface area contributed by atoms with Crippen LogP contribution in [0.2, 0.25) is 5.02 Å². The van der Waals surface area contributed by atoms with Crippen LogP contribution in [-0.2, 0) is 16.1 Å². The summed E-state index contributed by atoms with van der Waals surface area (Å²) in [6, 6.07) is 12.0. The summed E-state index contributed by atoms with van der Waals surface area (Å²) in [5.74, 6) is -2.12. The van der Waals surface area contributed by atoms with Crippen molar-refractivity contribution in [2.75, 3.05) is 18.9 Å². The summed E-state index contributed by atoms with van der Waals surface area (Å²) in [5, 5.41) is 9.83. The number of benzene rings is 2. The number of anilines is 1. The molecule has 2 aromatic carbocycles. The number of nitrogens with zero attached hydrogens (tertiary/aromatic N) is 3. The summed E-state index contributed by atoms with van der Waals surface area (Å²) >= 11 is 6.06. The molecular weight excluding hydrogens is 486 g/mol. The zero-order chi connectivity index (χ0) is 25.1. The van der Waals surface area contributed by atoms with Crippen LogP contribution in [0.4, 0.5) is 14.6 Å². The van der Waals surface area contributed by atoms with Gasteiger partial charge in [0.2, 0.25) is 0 Å². The van der Waals surface area contributed by atoms with Crippen LogP contribution < -0.4 is 5.73 Å². The van der Waals surface area contributed by atoms with Crippen LogP contribution in [0.1, 0.15) is 42.6 Å². The fourth-order valence-corrected chi connectivity index (χ4v) is 5.86. The molecule has 1 saturated carbocycles. The number of fused-ring (bicyclic) bond motifs is 4. The van der Waals surface area contributed by atoms with Crippen molar-refractivity contribution in [3.8, 4) is 11.3 Å². The Bertz CT molecular complexity index is 1430. The molecule has 186 valence electrons. The zero-order valence-corrected chi connectivity index (χ0v) is 20.2. The largest absolute Gasteiger partial charge is 0.393 e. The maximum Gasteiger partial charge on any atom is 0.299 e. The maximum absolute atomic E-state index is 15.2. The second-order valence-electron chi connectivity index (χ2n) is 9.86. The summed E-state index contributed by atoms with van der Waals surface area (Å²) in [7, 11) is 0. The summed E-state index contributed by atoms with van der Waals surface area (Å²) < 4.78 is 38.6. The van der Waals surface area contributed by atoms with Crippen molar-refractivity contribution in [2.24, 2.45) is 0 Å². The van der Waals surface area contributed by atoms with Crippen LogP contribution in [0.15, 0.2) is 60.9 Å². The monoisotopic (exact) mass is 510 g/mol. The number of rotatable bonds is 5. The molecule has 2 aliphatic heterocycles. The summed E-state index contributed by atoms with van der Waals surface area (Å²) in [5.41, 5.74) is 6.99. The molecule has 2 aromatic heterocycles. The lowest BCUT2D eigenvalue weighted by Crippen LogP contribution is -2.55. The van der Waals surface area contributed by atoms with Gasteiger partial charge in [0.05, 0.1) is 29.3 Å². The molecule has 0 radical (unpaired) electrons. The molecule has 2 bridgehead atoms. The van der Waals surface area contributed by atoms with Gasteiger partial charge in [-0.1, -0.05) is 54.1 Å². The Labute approximate surface area is 211 Å². The Hall–Kier alpha value is -3.07. The molecule has 7 rings (SSSR count). The first-order valence-corrected chi connectivity index (χ1v) is 12.3.